The summed E-state index contributed by atoms with van der Waals surface area (Å²) >= 11 is 0. The van der Waals surface area contributed by atoms with Crippen molar-refractivity contribution in [3.8, 4) is 5.75 Å². The lowest BCUT2D eigenvalue weighted by atomic mass is 10.0. The molecule has 1 saturated carbocycles. The summed E-state index contributed by atoms with van der Waals surface area (Å²) in [5.74, 6) is 0.419. The Hall–Kier alpha value is -1.10. The fourth-order valence-electron chi connectivity index (χ4n) is 4.60. The number of rotatable bonds is 5. The summed E-state index contributed by atoms with van der Waals surface area (Å²) in [7, 11) is 0. The summed E-state index contributed by atoms with van der Waals surface area (Å²) in [5, 5.41) is 19.4. The van der Waals surface area contributed by atoms with Crippen molar-refractivity contribution in [3.05, 3.63) is 28.8 Å². The maximum atomic E-state index is 9.96. The van der Waals surface area contributed by atoms with Crippen molar-refractivity contribution in [2.24, 2.45) is 0 Å². The van der Waals surface area contributed by atoms with Crippen LogP contribution in [-0.2, 0) is 6.54 Å². The number of nitrogens with zero attached hydrogens (tertiary/aromatic N) is 2. The SMILES string of the molecule is Cc1cc(CN2CCN(C3CCCC3)C(CCO)C2)cc(C)c1O. The smallest absolute Gasteiger partial charge is 0.121 e. The van der Waals surface area contributed by atoms with Crippen LogP contribution in [0.2, 0.25) is 0 Å². The minimum Gasteiger partial charge on any atom is -0.507 e. The van der Waals surface area contributed by atoms with E-state index in [0.717, 1.165) is 49.8 Å². The van der Waals surface area contributed by atoms with E-state index in [0.29, 0.717) is 11.8 Å². The Morgan fingerprint density at radius 1 is 1.08 bits per heavy atom. The molecule has 0 bridgehead atoms. The second-order valence-electron chi connectivity index (χ2n) is 7.66. The number of aryl methyl sites for hydroxylation is 2. The molecule has 1 aliphatic carbocycles. The first kappa shape index (κ1) is 17.7. The van der Waals surface area contributed by atoms with Crippen molar-refractivity contribution >= 4 is 0 Å². The van der Waals surface area contributed by atoms with Crippen LogP contribution in [0.3, 0.4) is 0 Å². The monoisotopic (exact) mass is 332 g/mol. The van der Waals surface area contributed by atoms with E-state index in [2.05, 4.69) is 21.9 Å². The number of phenols is 1. The fraction of sp³-hybridized carbons (Fsp3) is 0.700. The van der Waals surface area contributed by atoms with Gasteiger partial charge in [-0.15, -0.1) is 0 Å². The summed E-state index contributed by atoms with van der Waals surface area (Å²) in [6.07, 6.45) is 6.27. The summed E-state index contributed by atoms with van der Waals surface area (Å²) in [5.41, 5.74) is 3.20. The Morgan fingerprint density at radius 3 is 2.38 bits per heavy atom. The van der Waals surface area contributed by atoms with Crippen LogP contribution < -0.4 is 0 Å². The van der Waals surface area contributed by atoms with Gasteiger partial charge in [0.1, 0.15) is 5.75 Å². The van der Waals surface area contributed by atoms with Crippen molar-refractivity contribution in [1.29, 1.82) is 0 Å². The van der Waals surface area contributed by atoms with Gasteiger partial charge in [0.15, 0.2) is 0 Å². The van der Waals surface area contributed by atoms with E-state index in [1.54, 1.807) is 0 Å². The second kappa shape index (κ2) is 7.85. The standard InChI is InChI=1S/C20H32N2O2/c1-15-11-17(12-16(2)20(15)24)13-21-8-9-22(18-5-3-4-6-18)19(14-21)7-10-23/h11-12,18-19,23-24H,3-10,13-14H2,1-2H3. The number of aliphatic hydroxyl groups excluding tert-OH is 1. The summed E-state index contributed by atoms with van der Waals surface area (Å²) in [6, 6.07) is 5.42. The van der Waals surface area contributed by atoms with E-state index >= 15 is 0 Å². The van der Waals surface area contributed by atoms with E-state index in [1.165, 1.54) is 31.2 Å². The number of benzene rings is 1. The fourth-order valence-corrected chi connectivity index (χ4v) is 4.60. The lowest BCUT2D eigenvalue weighted by Crippen LogP contribution is -2.56. The van der Waals surface area contributed by atoms with E-state index in [1.807, 2.05) is 13.8 Å². The molecule has 1 aliphatic heterocycles. The summed E-state index contributed by atoms with van der Waals surface area (Å²) < 4.78 is 0. The molecular formula is C20H32N2O2. The molecule has 0 amide bonds. The number of piperazine rings is 1. The quantitative estimate of drug-likeness (QED) is 0.870. The van der Waals surface area contributed by atoms with Gasteiger partial charge in [-0.25, -0.2) is 0 Å². The molecule has 1 aromatic rings. The van der Waals surface area contributed by atoms with Gasteiger partial charge in [0.25, 0.3) is 0 Å². The molecule has 1 atom stereocenters. The zero-order valence-corrected chi connectivity index (χ0v) is 15.2. The third-order valence-electron chi connectivity index (χ3n) is 5.83. The van der Waals surface area contributed by atoms with Crippen molar-refractivity contribution in [2.75, 3.05) is 26.2 Å². The van der Waals surface area contributed by atoms with Gasteiger partial charge < -0.3 is 10.2 Å². The van der Waals surface area contributed by atoms with Gasteiger partial charge in [0.2, 0.25) is 0 Å². The van der Waals surface area contributed by atoms with Gasteiger partial charge in [-0.05, 0) is 49.8 Å². The van der Waals surface area contributed by atoms with Gasteiger partial charge in [-0.1, -0.05) is 25.0 Å². The minimum absolute atomic E-state index is 0.277. The predicted molar refractivity (Wildman–Crippen MR) is 97.3 cm³/mol. The van der Waals surface area contributed by atoms with E-state index in [4.69, 9.17) is 0 Å². The molecule has 134 valence electrons. The largest absolute Gasteiger partial charge is 0.507 e. The molecule has 1 unspecified atom stereocenters. The van der Waals surface area contributed by atoms with Crippen molar-refractivity contribution < 1.29 is 10.2 Å². The molecule has 2 fully saturated rings. The van der Waals surface area contributed by atoms with Crippen LogP contribution in [0, 0.1) is 13.8 Å². The molecule has 1 heterocycles. The highest BCUT2D eigenvalue weighted by Gasteiger charge is 2.32. The van der Waals surface area contributed by atoms with Crippen LogP contribution in [0.1, 0.15) is 48.8 Å². The van der Waals surface area contributed by atoms with E-state index in [9.17, 15) is 10.2 Å². The van der Waals surface area contributed by atoms with Crippen LogP contribution in [0.4, 0.5) is 0 Å². The van der Waals surface area contributed by atoms with Crippen LogP contribution in [0.15, 0.2) is 12.1 Å². The zero-order chi connectivity index (χ0) is 17.1. The first-order chi connectivity index (χ1) is 11.6. The van der Waals surface area contributed by atoms with Crippen molar-refractivity contribution in [2.45, 2.75) is 64.6 Å². The third kappa shape index (κ3) is 3.93. The Morgan fingerprint density at radius 2 is 1.75 bits per heavy atom. The number of hydrogen-bond acceptors (Lipinski definition) is 4. The molecule has 4 heteroatoms. The van der Waals surface area contributed by atoms with Crippen molar-refractivity contribution in [1.82, 2.24) is 9.80 Å². The van der Waals surface area contributed by atoms with E-state index in [-0.39, 0.29) is 6.61 Å². The molecular weight excluding hydrogens is 300 g/mol. The highest BCUT2D eigenvalue weighted by atomic mass is 16.3. The average molecular weight is 332 g/mol. The molecule has 0 spiro atoms. The predicted octanol–water partition coefficient (Wildman–Crippen LogP) is 2.82. The van der Waals surface area contributed by atoms with E-state index < -0.39 is 0 Å². The second-order valence-corrected chi connectivity index (χ2v) is 7.66. The van der Waals surface area contributed by atoms with Gasteiger partial charge in [0.05, 0.1) is 0 Å². The van der Waals surface area contributed by atoms with Gasteiger partial charge in [0, 0.05) is 44.9 Å². The van der Waals surface area contributed by atoms with Gasteiger partial charge in [-0.2, -0.15) is 0 Å². The van der Waals surface area contributed by atoms with Gasteiger partial charge >= 0.3 is 0 Å². The maximum Gasteiger partial charge on any atom is 0.121 e. The zero-order valence-electron chi connectivity index (χ0n) is 15.2. The number of hydrogen-bond donors (Lipinski definition) is 2. The molecule has 24 heavy (non-hydrogen) atoms. The van der Waals surface area contributed by atoms with Gasteiger partial charge in [-0.3, -0.25) is 9.80 Å². The first-order valence-corrected chi connectivity index (χ1v) is 9.46. The summed E-state index contributed by atoms with van der Waals surface area (Å²) in [6.45, 7) is 8.40. The molecule has 0 radical (unpaired) electrons. The third-order valence-corrected chi connectivity index (χ3v) is 5.83. The highest BCUT2D eigenvalue weighted by molar-refractivity contribution is 5.42. The lowest BCUT2D eigenvalue weighted by molar-refractivity contribution is 0.0267. The molecule has 3 rings (SSSR count). The Labute approximate surface area is 146 Å². The first-order valence-electron chi connectivity index (χ1n) is 9.46. The molecule has 0 aromatic heterocycles. The highest BCUT2D eigenvalue weighted by Crippen LogP contribution is 2.29. The lowest BCUT2D eigenvalue weighted by Gasteiger charge is -2.44. The molecule has 2 aliphatic rings. The Bertz CT molecular complexity index is 532. The molecule has 1 saturated heterocycles. The molecule has 1 aromatic carbocycles. The number of aromatic hydroxyl groups is 1. The Kier molecular flexibility index (Phi) is 5.80. The molecule has 4 nitrogen and oxygen atoms in total. The molecule has 2 N–H and O–H groups in total. The Balaban J connectivity index is 1.65. The average Bonchev–Trinajstić information content (AvgIpc) is 3.07. The normalized spacial score (nSPS) is 23.9. The van der Waals surface area contributed by atoms with Crippen LogP contribution in [-0.4, -0.2) is 58.3 Å². The van der Waals surface area contributed by atoms with Crippen LogP contribution >= 0.6 is 0 Å². The number of phenolic OH excluding ortho intramolecular Hbond substituents is 1. The topological polar surface area (TPSA) is 46.9 Å². The van der Waals surface area contributed by atoms with Crippen LogP contribution in [0.25, 0.3) is 0 Å². The minimum atomic E-state index is 0.277. The van der Waals surface area contributed by atoms with Crippen molar-refractivity contribution in [3.63, 3.8) is 0 Å². The van der Waals surface area contributed by atoms with Crippen LogP contribution in [0.5, 0.6) is 5.75 Å². The number of aliphatic hydroxyl groups is 1. The maximum absolute atomic E-state index is 9.96. The summed E-state index contributed by atoms with van der Waals surface area (Å²) in [4.78, 5) is 5.18.